The van der Waals surface area contributed by atoms with Gasteiger partial charge in [-0.25, -0.2) is 0 Å². The van der Waals surface area contributed by atoms with E-state index in [0.29, 0.717) is 11.8 Å². The largest absolute Gasteiger partial charge is 0.390 e. The van der Waals surface area contributed by atoms with Gasteiger partial charge in [0.2, 0.25) is 0 Å². The van der Waals surface area contributed by atoms with Crippen LogP contribution in [0.15, 0.2) is 0 Å². The SMILES string of the molecule is CC1CC(C)C(OCC2CCCC2)C(O)C1. The molecule has 0 aromatic carbocycles. The van der Waals surface area contributed by atoms with E-state index in [2.05, 4.69) is 13.8 Å². The minimum absolute atomic E-state index is 0.0943. The van der Waals surface area contributed by atoms with Crippen LogP contribution in [-0.4, -0.2) is 23.9 Å². The number of rotatable bonds is 3. The molecule has 0 heterocycles. The van der Waals surface area contributed by atoms with Crippen molar-refractivity contribution in [3.63, 3.8) is 0 Å². The van der Waals surface area contributed by atoms with Crippen molar-refractivity contribution in [3.8, 4) is 0 Å². The van der Waals surface area contributed by atoms with Crippen molar-refractivity contribution >= 4 is 0 Å². The summed E-state index contributed by atoms with van der Waals surface area (Å²) in [7, 11) is 0. The maximum absolute atomic E-state index is 10.1. The van der Waals surface area contributed by atoms with Crippen LogP contribution >= 0.6 is 0 Å². The Labute approximate surface area is 99.4 Å². The predicted octanol–water partition coefficient (Wildman–Crippen LogP) is 2.99. The average molecular weight is 226 g/mol. The molecule has 16 heavy (non-hydrogen) atoms. The highest BCUT2D eigenvalue weighted by atomic mass is 16.5. The molecule has 0 saturated heterocycles. The van der Waals surface area contributed by atoms with E-state index in [0.717, 1.165) is 18.9 Å². The van der Waals surface area contributed by atoms with Gasteiger partial charge < -0.3 is 9.84 Å². The number of aliphatic hydroxyl groups is 1. The van der Waals surface area contributed by atoms with E-state index in [-0.39, 0.29) is 12.2 Å². The Balaban J connectivity index is 1.78. The van der Waals surface area contributed by atoms with Crippen LogP contribution < -0.4 is 0 Å². The molecule has 0 amide bonds. The number of ether oxygens (including phenoxy) is 1. The summed E-state index contributed by atoms with van der Waals surface area (Å²) < 4.78 is 5.99. The molecule has 0 aliphatic heterocycles. The van der Waals surface area contributed by atoms with Crippen molar-refractivity contribution in [1.82, 2.24) is 0 Å². The Morgan fingerprint density at radius 3 is 2.44 bits per heavy atom. The predicted molar refractivity (Wildman–Crippen MR) is 65.3 cm³/mol. The lowest BCUT2D eigenvalue weighted by molar-refractivity contribution is -0.103. The fourth-order valence-corrected chi connectivity index (χ4v) is 3.49. The summed E-state index contributed by atoms with van der Waals surface area (Å²) in [4.78, 5) is 0. The number of hydrogen-bond acceptors (Lipinski definition) is 2. The van der Waals surface area contributed by atoms with Gasteiger partial charge in [0, 0.05) is 6.61 Å². The number of hydrogen-bond donors (Lipinski definition) is 1. The van der Waals surface area contributed by atoms with Crippen molar-refractivity contribution in [2.75, 3.05) is 6.61 Å². The Hall–Kier alpha value is -0.0800. The van der Waals surface area contributed by atoms with Gasteiger partial charge in [0.25, 0.3) is 0 Å². The third-order valence-electron chi connectivity index (χ3n) is 4.36. The maximum Gasteiger partial charge on any atom is 0.0859 e. The fourth-order valence-electron chi connectivity index (χ4n) is 3.49. The van der Waals surface area contributed by atoms with Gasteiger partial charge in [-0.05, 0) is 43.4 Å². The van der Waals surface area contributed by atoms with Gasteiger partial charge >= 0.3 is 0 Å². The smallest absolute Gasteiger partial charge is 0.0859 e. The molecule has 2 nitrogen and oxygen atoms in total. The molecule has 2 aliphatic rings. The fraction of sp³-hybridized carbons (Fsp3) is 1.00. The lowest BCUT2D eigenvalue weighted by Crippen LogP contribution is -2.41. The van der Waals surface area contributed by atoms with E-state index in [9.17, 15) is 5.11 Å². The summed E-state index contributed by atoms with van der Waals surface area (Å²) in [6.45, 7) is 5.32. The van der Waals surface area contributed by atoms with Crippen molar-refractivity contribution in [3.05, 3.63) is 0 Å². The topological polar surface area (TPSA) is 29.5 Å². The van der Waals surface area contributed by atoms with Gasteiger partial charge in [-0.2, -0.15) is 0 Å². The first-order valence-corrected chi connectivity index (χ1v) is 6.96. The molecular formula is C14H26O2. The third-order valence-corrected chi connectivity index (χ3v) is 4.36. The van der Waals surface area contributed by atoms with E-state index in [1.165, 1.54) is 32.1 Å². The monoisotopic (exact) mass is 226 g/mol. The van der Waals surface area contributed by atoms with Crippen molar-refractivity contribution in [2.24, 2.45) is 17.8 Å². The summed E-state index contributed by atoms with van der Waals surface area (Å²) in [6.07, 6.45) is 7.37. The van der Waals surface area contributed by atoms with Crippen LogP contribution in [-0.2, 0) is 4.74 Å². The van der Waals surface area contributed by atoms with Crippen molar-refractivity contribution in [2.45, 2.75) is 64.6 Å². The van der Waals surface area contributed by atoms with Crippen LogP contribution in [0.5, 0.6) is 0 Å². The van der Waals surface area contributed by atoms with E-state index in [4.69, 9.17) is 4.74 Å². The second-order valence-corrected chi connectivity index (χ2v) is 6.07. The average Bonchev–Trinajstić information content (AvgIpc) is 2.68. The van der Waals surface area contributed by atoms with Crippen LogP contribution in [0, 0.1) is 17.8 Å². The summed E-state index contributed by atoms with van der Waals surface area (Å²) in [5.74, 6) is 1.93. The molecule has 0 radical (unpaired) electrons. The third kappa shape index (κ3) is 2.98. The molecule has 2 aliphatic carbocycles. The summed E-state index contributed by atoms with van der Waals surface area (Å²) in [5.41, 5.74) is 0. The first kappa shape index (κ1) is 12.4. The quantitative estimate of drug-likeness (QED) is 0.801. The molecule has 2 fully saturated rings. The molecule has 0 aromatic heterocycles. The Morgan fingerprint density at radius 2 is 1.81 bits per heavy atom. The molecule has 4 unspecified atom stereocenters. The molecule has 1 N–H and O–H groups in total. The molecule has 2 heteroatoms. The first-order chi connectivity index (χ1) is 7.66. The van der Waals surface area contributed by atoms with Gasteiger partial charge in [-0.3, -0.25) is 0 Å². The van der Waals surface area contributed by atoms with E-state index < -0.39 is 0 Å². The van der Waals surface area contributed by atoms with Gasteiger partial charge in [-0.1, -0.05) is 26.7 Å². The highest BCUT2D eigenvalue weighted by Gasteiger charge is 2.34. The summed E-state index contributed by atoms with van der Waals surface area (Å²) in [6, 6.07) is 0. The molecular weight excluding hydrogens is 200 g/mol. The normalized spacial score (nSPS) is 41.4. The zero-order valence-corrected chi connectivity index (χ0v) is 10.7. The lowest BCUT2D eigenvalue weighted by atomic mass is 9.79. The van der Waals surface area contributed by atoms with E-state index >= 15 is 0 Å². The van der Waals surface area contributed by atoms with Crippen LogP contribution in [0.25, 0.3) is 0 Å². The Bertz CT molecular complexity index is 199. The van der Waals surface area contributed by atoms with E-state index in [1.54, 1.807) is 0 Å². The molecule has 2 rings (SSSR count). The standard InChI is InChI=1S/C14H26O2/c1-10-7-11(2)14(13(15)8-10)16-9-12-5-3-4-6-12/h10-15H,3-9H2,1-2H3. The van der Waals surface area contributed by atoms with Crippen molar-refractivity contribution in [1.29, 1.82) is 0 Å². The molecule has 2 saturated carbocycles. The first-order valence-electron chi connectivity index (χ1n) is 6.96. The Morgan fingerprint density at radius 1 is 1.12 bits per heavy atom. The zero-order chi connectivity index (χ0) is 11.5. The summed E-state index contributed by atoms with van der Waals surface area (Å²) >= 11 is 0. The van der Waals surface area contributed by atoms with Crippen LogP contribution in [0.4, 0.5) is 0 Å². The second kappa shape index (κ2) is 5.50. The zero-order valence-electron chi connectivity index (χ0n) is 10.7. The molecule has 0 aromatic rings. The van der Waals surface area contributed by atoms with Gasteiger partial charge in [0.15, 0.2) is 0 Å². The highest BCUT2D eigenvalue weighted by Crippen LogP contribution is 2.32. The maximum atomic E-state index is 10.1. The van der Waals surface area contributed by atoms with E-state index in [1.807, 2.05) is 0 Å². The van der Waals surface area contributed by atoms with Gasteiger partial charge in [0.05, 0.1) is 12.2 Å². The minimum atomic E-state index is -0.236. The van der Waals surface area contributed by atoms with Crippen LogP contribution in [0.2, 0.25) is 0 Å². The summed E-state index contributed by atoms with van der Waals surface area (Å²) in [5, 5.41) is 10.1. The van der Waals surface area contributed by atoms with Gasteiger partial charge in [0.1, 0.15) is 0 Å². The number of aliphatic hydroxyl groups excluding tert-OH is 1. The minimum Gasteiger partial charge on any atom is -0.390 e. The lowest BCUT2D eigenvalue weighted by Gasteiger charge is -2.37. The molecule has 0 bridgehead atoms. The highest BCUT2D eigenvalue weighted by molar-refractivity contribution is 4.84. The van der Waals surface area contributed by atoms with Crippen LogP contribution in [0.1, 0.15) is 52.4 Å². The second-order valence-electron chi connectivity index (χ2n) is 6.07. The molecule has 4 atom stereocenters. The molecule has 0 spiro atoms. The van der Waals surface area contributed by atoms with Gasteiger partial charge in [-0.15, -0.1) is 0 Å². The van der Waals surface area contributed by atoms with Crippen LogP contribution in [0.3, 0.4) is 0 Å². The Kier molecular flexibility index (Phi) is 4.26. The van der Waals surface area contributed by atoms with Crippen molar-refractivity contribution < 1.29 is 9.84 Å². The molecule has 94 valence electrons.